The third-order valence-corrected chi connectivity index (χ3v) is 5.37. The predicted octanol–water partition coefficient (Wildman–Crippen LogP) is 3.01. The van der Waals surface area contributed by atoms with E-state index in [-0.39, 0.29) is 4.90 Å². The summed E-state index contributed by atoms with van der Waals surface area (Å²) in [6.07, 6.45) is 0. The lowest BCUT2D eigenvalue weighted by molar-refractivity contribution is 0.577. The highest BCUT2D eigenvalue weighted by molar-refractivity contribution is 7.89. The molecule has 0 radical (unpaired) electrons. The SMILES string of the molecule is Cc1ccc(S(=O)(=O)n2nc(C)c(Cl)c2C)cc1C. The molecule has 2 rings (SSSR count). The van der Waals surface area contributed by atoms with Crippen LogP contribution >= 0.6 is 11.6 Å². The van der Waals surface area contributed by atoms with E-state index in [9.17, 15) is 8.42 Å². The monoisotopic (exact) mass is 298 g/mol. The summed E-state index contributed by atoms with van der Waals surface area (Å²) in [5, 5.41) is 4.39. The van der Waals surface area contributed by atoms with Gasteiger partial charge in [-0.05, 0) is 51.0 Å². The molecule has 0 aliphatic carbocycles. The molecule has 1 heterocycles. The Bertz CT molecular complexity index is 748. The molecule has 0 atom stereocenters. The lowest BCUT2D eigenvalue weighted by Crippen LogP contribution is -2.16. The van der Waals surface area contributed by atoms with Crippen molar-refractivity contribution >= 4 is 21.6 Å². The maximum absolute atomic E-state index is 12.5. The Morgan fingerprint density at radius 1 is 1.11 bits per heavy atom. The molecule has 0 aliphatic rings. The van der Waals surface area contributed by atoms with Crippen LogP contribution in [0.2, 0.25) is 5.02 Å². The van der Waals surface area contributed by atoms with Gasteiger partial charge in [0.25, 0.3) is 10.0 Å². The van der Waals surface area contributed by atoms with Crippen molar-refractivity contribution < 1.29 is 8.42 Å². The van der Waals surface area contributed by atoms with Crippen molar-refractivity contribution in [2.75, 3.05) is 0 Å². The fraction of sp³-hybridized carbons (Fsp3) is 0.308. The summed E-state index contributed by atoms with van der Waals surface area (Å²) in [7, 11) is -3.69. The van der Waals surface area contributed by atoms with Gasteiger partial charge in [0.05, 0.1) is 21.3 Å². The first kappa shape index (κ1) is 14.1. The average molecular weight is 299 g/mol. The molecule has 102 valence electrons. The van der Waals surface area contributed by atoms with Crippen LogP contribution in [0.25, 0.3) is 0 Å². The van der Waals surface area contributed by atoms with E-state index >= 15 is 0 Å². The summed E-state index contributed by atoms with van der Waals surface area (Å²) in [6, 6.07) is 5.02. The molecule has 4 nitrogen and oxygen atoms in total. The Balaban J connectivity index is 2.65. The molecule has 0 saturated heterocycles. The summed E-state index contributed by atoms with van der Waals surface area (Å²) in [6.45, 7) is 7.14. The number of hydrogen-bond donors (Lipinski definition) is 0. The second-order valence-electron chi connectivity index (χ2n) is 4.58. The van der Waals surface area contributed by atoms with E-state index in [1.807, 2.05) is 13.8 Å². The number of halogens is 1. The maximum atomic E-state index is 12.5. The smallest absolute Gasteiger partial charge is 0.199 e. The van der Waals surface area contributed by atoms with Crippen LogP contribution in [-0.4, -0.2) is 17.6 Å². The number of hydrogen-bond acceptors (Lipinski definition) is 3. The zero-order valence-corrected chi connectivity index (χ0v) is 12.8. The van der Waals surface area contributed by atoms with Crippen molar-refractivity contribution in [2.24, 2.45) is 0 Å². The first-order valence-corrected chi connectivity index (χ1v) is 7.61. The number of nitrogens with zero attached hydrogens (tertiary/aromatic N) is 2. The van der Waals surface area contributed by atoms with Gasteiger partial charge >= 0.3 is 0 Å². The molecule has 0 fully saturated rings. The minimum absolute atomic E-state index is 0.220. The lowest BCUT2D eigenvalue weighted by atomic mass is 10.1. The summed E-state index contributed by atoms with van der Waals surface area (Å²) < 4.78 is 26.0. The summed E-state index contributed by atoms with van der Waals surface area (Å²) in [5.41, 5.74) is 2.91. The first-order chi connectivity index (χ1) is 8.75. The fourth-order valence-electron chi connectivity index (χ4n) is 1.81. The summed E-state index contributed by atoms with van der Waals surface area (Å²) in [4.78, 5) is 0.220. The first-order valence-electron chi connectivity index (χ1n) is 5.79. The maximum Gasteiger partial charge on any atom is 0.283 e. The normalized spacial score (nSPS) is 11.8. The number of aromatic nitrogens is 2. The Kier molecular flexibility index (Phi) is 3.45. The predicted molar refractivity (Wildman–Crippen MR) is 75.2 cm³/mol. The van der Waals surface area contributed by atoms with Crippen LogP contribution in [0.15, 0.2) is 23.1 Å². The van der Waals surface area contributed by atoms with E-state index in [2.05, 4.69) is 5.10 Å². The lowest BCUT2D eigenvalue weighted by Gasteiger charge is -2.08. The minimum atomic E-state index is -3.69. The van der Waals surface area contributed by atoms with Crippen LogP contribution in [0, 0.1) is 27.7 Å². The fourth-order valence-corrected chi connectivity index (χ4v) is 3.42. The van der Waals surface area contributed by atoms with Gasteiger partial charge in [-0.3, -0.25) is 0 Å². The van der Waals surface area contributed by atoms with Gasteiger partial charge in [0.1, 0.15) is 0 Å². The summed E-state index contributed by atoms with van der Waals surface area (Å²) in [5.74, 6) is 0. The van der Waals surface area contributed by atoms with E-state index in [0.29, 0.717) is 16.4 Å². The van der Waals surface area contributed by atoms with E-state index in [4.69, 9.17) is 11.6 Å². The number of benzene rings is 1. The third kappa shape index (κ3) is 2.28. The molecule has 0 saturated carbocycles. The molecule has 0 spiro atoms. The molecule has 6 heteroatoms. The zero-order valence-electron chi connectivity index (χ0n) is 11.2. The zero-order chi connectivity index (χ0) is 14.4. The molecule has 0 unspecified atom stereocenters. The molecule has 19 heavy (non-hydrogen) atoms. The third-order valence-electron chi connectivity index (χ3n) is 3.17. The second-order valence-corrected chi connectivity index (χ2v) is 6.72. The van der Waals surface area contributed by atoms with Gasteiger partial charge in [0, 0.05) is 0 Å². The van der Waals surface area contributed by atoms with Crippen LogP contribution < -0.4 is 0 Å². The average Bonchev–Trinajstić information content (AvgIpc) is 2.61. The Hall–Kier alpha value is -1.33. The minimum Gasteiger partial charge on any atom is -0.199 e. The van der Waals surface area contributed by atoms with Gasteiger partial charge in [0.15, 0.2) is 0 Å². The van der Waals surface area contributed by atoms with Gasteiger partial charge in [0.2, 0.25) is 0 Å². The van der Waals surface area contributed by atoms with Crippen molar-refractivity contribution in [2.45, 2.75) is 32.6 Å². The van der Waals surface area contributed by atoms with Crippen molar-refractivity contribution in [1.29, 1.82) is 0 Å². The van der Waals surface area contributed by atoms with E-state index in [1.165, 1.54) is 0 Å². The van der Waals surface area contributed by atoms with Crippen molar-refractivity contribution in [3.63, 3.8) is 0 Å². The molecular formula is C13H15ClN2O2S. The molecule has 0 amide bonds. The Morgan fingerprint density at radius 2 is 1.74 bits per heavy atom. The molecular weight excluding hydrogens is 284 g/mol. The number of rotatable bonds is 2. The van der Waals surface area contributed by atoms with Crippen LogP contribution in [0.3, 0.4) is 0 Å². The second kappa shape index (κ2) is 4.65. The topological polar surface area (TPSA) is 52.0 Å². The van der Waals surface area contributed by atoms with Gasteiger partial charge in [-0.1, -0.05) is 17.7 Å². The highest BCUT2D eigenvalue weighted by Crippen LogP contribution is 2.24. The summed E-state index contributed by atoms with van der Waals surface area (Å²) >= 11 is 6.00. The van der Waals surface area contributed by atoms with Gasteiger partial charge in [-0.25, -0.2) is 0 Å². The molecule has 0 aliphatic heterocycles. The molecule has 0 N–H and O–H groups in total. The highest BCUT2D eigenvalue weighted by atomic mass is 35.5. The van der Waals surface area contributed by atoms with Gasteiger partial charge < -0.3 is 0 Å². The van der Waals surface area contributed by atoms with E-state index in [0.717, 1.165) is 15.2 Å². The quantitative estimate of drug-likeness (QED) is 0.856. The highest BCUT2D eigenvalue weighted by Gasteiger charge is 2.23. The largest absolute Gasteiger partial charge is 0.283 e. The van der Waals surface area contributed by atoms with Gasteiger partial charge in [-0.15, -0.1) is 0 Å². The van der Waals surface area contributed by atoms with Crippen LogP contribution in [-0.2, 0) is 10.0 Å². The van der Waals surface area contributed by atoms with Crippen LogP contribution in [0.5, 0.6) is 0 Å². The molecule has 1 aromatic heterocycles. The van der Waals surface area contributed by atoms with Crippen molar-refractivity contribution in [1.82, 2.24) is 9.19 Å². The van der Waals surface area contributed by atoms with Crippen molar-refractivity contribution in [3.8, 4) is 0 Å². The van der Waals surface area contributed by atoms with Crippen molar-refractivity contribution in [3.05, 3.63) is 45.7 Å². The van der Waals surface area contributed by atoms with Crippen LogP contribution in [0.1, 0.15) is 22.5 Å². The van der Waals surface area contributed by atoms with E-state index in [1.54, 1.807) is 32.0 Å². The Morgan fingerprint density at radius 3 is 2.21 bits per heavy atom. The van der Waals surface area contributed by atoms with E-state index < -0.39 is 10.0 Å². The van der Waals surface area contributed by atoms with Gasteiger partial charge in [-0.2, -0.15) is 17.6 Å². The standard InChI is InChI=1S/C13H15ClN2O2S/c1-8-5-6-12(7-9(8)2)19(17,18)16-11(4)13(14)10(3)15-16/h5-7H,1-4H3. The number of aryl methyl sites for hydroxylation is 3. The molecule has 2 aromatic rings. The molecule has 1 aromatic carbocycles. The van der Waals surface area contributed by atoms with Crippen LogP contribution in [0.4, 0.5) is 0 Å². The Labute approximate surface area is 118 Å². The molecule has 0 bridgehead atoms.